The van der Waals surface area contributed by atoms with Crippen LogP contribution in [0, 0.1) is 0 Å². The summed E-state index contributed by atoms with van der Waals surface area (Å²) in [7, 11) is 0. The van der Waals surface area contributed by atoms with E-state index in [1.807, 2.05) is 18.2 Å². The molecular formula is C14H21N3O2. The van der Waals surface area contributed by atoms with Crippen molar-refractivity contribution in [2.45, 2.75) is 13.3 Å². The van der Waals surface area contributed by atoms with Crippen molar-refractivity contribution in [1.29, 1.82) is 0 Å². The first kappa shape index (κ1) is 13.8. The van der Waals surface area contributed by atoms with Crippen molar-refractivity contribution in [1.82, 2.24) is 5.32 Å². The van der Waals surface area contributed by atoms with Crippen LogP contribution in [0.15, 0.2) is 18.2 Å². The molecule has 5 nitrogen and oxygen atoms in total. The van der Waals surface area contributed by atoms with Crippen molar-refractivity contribution in [3.63, 3.8) is 0 Å². The van der Waals surface area contributed by atoms with Gasteiger partial charge in [0.1, 0.15) is 5.75 Å². The molecule has 0 atom stereocenters. The Bertz CT molecular complexity index is 448. The fourth-order valence-electron chi connectivity index (χ4n) is 2.18. The minimum absolute atomic E-state index is 0.00954. The van der Waals surface area contributed by atoms with E-state index in [0.29, 0.717) is 13.1 Å². The van der Waals surface area contributed by atoms with Crippen LogP contribution in [-0.2, 0) is 11.2 Å². The van der Waals surface area contributed by atoms with Crippen molar-refractivity contribution in [3.05, 3.63) is 23.8 Å². The van der Waals surface area contributed by atoms with Gasteiger partial charge in [0.2, 0.25) is 0 Å². The first-order valence-electron chi connectivity index (χ1n) is 6.73. The number of likely N-dealkylation sites (N-methyl/N-ethyl adjacent to an activating group) is 1. The highest BCUT2D eigenvalue weighted by molar-refractivity contribution is 5.97. The summed E-state index contributed by atoms with van der Waals surface area (Å²) in [6, 6.07) is 5.93. The molecule has 0 spiro atoms. The average molecular weight is 263 g/mol. The summed E-state index contributed by atoms with van der Waals surface area (Å²) < 4.78 is 5.46. The number of fused-ring (bicyclic) bond motifs is 1. The highest BCUT2D eigenvalue weighted by atomic mass is 16.5. The number of ether oxygens (including phenoxy) is 1. The van der Waals surface area contributed by atoms with E-state index in [-0.39, 0.29) is 12.5 Å². The third-order valence-corrected chi connectivity index (χ3v) is 3.16. The predicted molar refractivity (Wildman–Crippen MR) is 75.6 cm³/mol. The number of amides is 1. The maximum Gasteiger partial charge on any atom is 0.265 e. The third-order valence-electron chi connectivity index (χ3n) is 3.16. The molecule has 1 aromatic rings. The predicted octanol–water partition coefficient (Wildman–Crippen LogP) is 0.523. The van der Waals surface area contributed by atoms with Gasteiger partial charge in [-0.05, 0) is 37.2 Å². The number of nitrogens with two attached hydrogens (primary N) is 1. The number of nitrogens with zero attached hydrogens (tertiary/aromatic N) is 1. The SMILES string of the molecule is CCNCCN1C(=O)COc2ccc(CCN)cc21. The molecule has 1 aromatic carbocycles. The molecule has 1 aliphatic rings. The van der Waals surface area contributed by atoms with Gasteiger partial charge in [-0.2, -0.15) is 0 Å². The van der Waals surface area contributed by atoms with Crippen LogP contribution in [0.3, 0.4) is 0 Å². The van der Waals surface area contributed by atoms with Crippen LogP contribution in [0.1, 0.15) is 12.5 Å². The van der Waals surface area contributed by atoms with Gasteiger partial charge in [0.15, 0.2) is 6.61 Å². The average Bonchev–Trinajstić information content (AvgIpc) is 2.42. The monoisotopic (exact) mass is 263 g/mol. The van der Waals surface area contributed by atoms with Crippen LogP contribution < -0.4 is 20.7 Å². The molecule has 0 radical (unpaired) electrons. The molecule has 1 heterocycles. The second-order valence-corrected chi connectivity index (χ2v) is 4.53. The second kappa shape index (κ2) is 6.54. The van der Waals surface area contributed by atoms with Gasteiger partial charge in [-0.25, -0.2) is 0 Å². The van der Waals surface area contributed by atoms with Crippen molar-refractivity contribution in [2.75, 3.05) is 37.7 Å². The quantitative estimate of drug-likeness (QED) is 0.734. The Labute approximate surface area is 113 Å². The van der Waals surface area contributed by atoms with E-state index in [0.717, 1.165) is 36.5 Å². The number of carbonyl (C=O) groups is 1. The standard InChI is InChI=1S/C14H21N3O2/c1-2-16-7-8-17-12-9-11(5-6-15)3-4-13(12)19-10-14(17)18/h3-4,9,16H,2,5-8,10,15H2,1H3. The first-order chi connectivity index (χ1) is 9.26. The van der Waals surface area contributed by atoms with Crippen molar-refractivity contribution in [2.24, 2.45) is 5.73 Å². The second-order valence-electron chi connectivity index (χ2n) is 4.53. The molecule has 0 bridgehead atoms. The van der Waals surface area contributed by atoms with E-state index in [4.69, 9.17) is 10.5 Å². The molecule has 0 aliphatic carbocycles. The number of nitrogens with one attached hydrogen (secondary N) is 1. The fourth-order valence-corrected chi connectivity index (χ4v) is 2.18. The van der Waals surface area contributed by atoms with Gasteiger partial charge in [0, 0.05) is 13.1 Å². The zero-order chi connectivity index (χ0) is 13.7. The summed E-state index contributed by atoms with van der Waals surface area (Å²) in [5, 5.41) is 3.23. The number of hydrogen-bond acceptors (Lipinski definition) is 4. The van der Waals surface area contributed by atoms with Crippen LogP contribution in [0.25, 0.3) is 0 Å². The molecule has 1 aliphatic heterocycles. The lowest BCUT2D eigenvalue weighted by molar-refractivity contribution is -0.121. The van der Waals surface area contributed by atoms with Crippen LogP contribution >= 0.6 is 0 Å². The topological polar surface area (TPSA) is 67.6 Å². The number of anilines is 1. The van der Waals surface area contributed by atoms with Gasteiger partial charge in [-0.15, -0.1) is 0 Å². The van der Waals surface area contributed by atoms with Crippen LogP contribution in [-0.4, -0.2) is 38.7 Å². The number of benzene rings is 1. The zero-order valence-corrected chi connectivity index (χ0v) is 11.3. The molecule has 1 amide bonds. The molecular weight excluding hydrogens is 242 g/mol. The highest BCUT2D eigenvalue weighted by Gasteiger charge is 2.25. The Hall–Kier alpha value is -1.59. The van der Waals surface area contributed by atoms with Crippen LogP contribution in [0.5, 0.6) is 5.75 Å². The molecule has 104 valence electrons. The molecule has 0 saturated heterocycles. The lowest BCUT2D eigenvalue weighted by Crippen LogP contribution is -2.42. The van der Waals surface area contributed by atoms with Gasteiger partial charge in [-0.3, -0.25) is 4.79 Å². The van der Waals surface area contributed by atoms with E-state index >= 15 is 0 Å². The molecule has 19 heavy (non-hydrogen) atoms. The molecule has 2 rings (SSSR count). The van der Waals surface area contributed by atoms with E-state index in [1.165, 1.54) is 0 Å². The van der Waals surface area contributed by atoms with E-state index in [1.54, 1.807) is 4.90 Å². The van der Waals surface area contributed by atoms with Gasteiger partial charge >= 0.3 is 0 Å². The third kappa shape index (κ3) is 3.24. The number of rotatable bonds is 6. The summed E-state index contributed by atoms with van der Waals surface area (Å²) in [4.78, 5) is 13.8. The maximum absolute atomic E-state index is 12.0. The molecule has 5 heteroatoms. The van der Waals surface area contributed by atoms with Crippen LogP contribution in [0.2, 0.25) is 0 Å². The van der Waals surface area contributed by atoms with Gasteiger partial charge < -0.3 is 20.7 Å². The van der Waals surface area contributed by atoms with E-state index in [2.05, 4.69) is 12.2 Å². The first-order valence-corrected chi connectivity index (χ1v) is 6.73. The van der Waals surface area contributed by atoms with Crippen molar-refractivity contribution < 1.29 is 9.53 Å². The largest absolute Gasteiger partial charge is 0.482 e. The number of carbonyl (C=O) groups excluding carboxylic acids is 1. The summed E-state index contributed by atoms with van der Waals surface area (Å²) in [6.45, 7) is 5.12. The zero-order valence-electron chi connectivity index (χ0n) is 11.3. The fraction of sp³-hybridized carbons (Fsp3) is 0.500. The Morgan fingerprint density at radius 1 is 1.47 bits per heavy atom. The Morgan fingerprint density at radius 3 is 3.05 bits per heavy atom. The molecule has 3 N–H and O–H groups in total. The summed E-state index contributed by atoms with van der Waals surface area (Å²) in [5.74, 6) is 0.784. The van der Waals surface area contributed by atoms with Crippen molar-refractivity contribution in [3.8, 4) is 5.75 Å². The lowest BCUT2D eigenvalue weighted by atomic mass is 10.1. The minimum atomic E-state index is 0.00954. The minimum Gasteiger partial charge on any atom is -0.482 e. The maximum atomic E-state index is 12.0. The lowest BCUT2D eigenvalue weighted by Gasteiger charge is -2.30. The van der Waals surface area contributed by atoms with E-state index in [9.17, 15) is 4.79 Å². The summed E-state index contributed by atoms with van der Waals surface area (Å²) in [5.41, 5.74) is 7.57. The Kier molecular flexibility index (Phi) is 4.76. The normalized spacial score (nSPS) is 14.2. The Morgan fingerprint density at radius 2 is 2.32 bits per heavy atom. The highest BCUT2D eigenvalue weighted by Crippen LogP contribution is 2.32. The molecule has 0 saturated carbocycles. The van der Waals surface area contributed by atoms with E-state index < -0.39 is 0 Å². The smallest absolute Gasteiger partial charge is 0.265 e. The summed E-state index contributed by atoms with van der Waals surface area (Å²) in [6.07, 6.45) is 0.808. The van der Waals surface area contributed by atoms with Crippen molar-refractivity contribution >= 4 is 11.6 Å². The summed E-state index contributed by atoms with van der Waals surface area (Å²) >= 11 is 0. The van der Waals surface area contributed by atoms with Gasteiger partial charge in [-0.1, -0.05) is 13.0 Å². The Balaban J connectivity index is 2.20. The molecule has 0 unspecified atom stereocenters. The molecule has 0 aromatic heterocycles. The van der Waals surface area contributed by atoms with Gasteiger partial charge in [0.25, 0.3) is 5.91 Å². The van der Waals surface area contributed by atoms with Gasteiger partial charge in [0.05, 0.1) is 5.69 Å². The molecule has 0 fully saturated rings. The number of hydrogen-bond donors (Lipinski definition) is 2. The van der Waals surface area contributed by atoms with Crippen LogP contribution in [0.4, 0.5) is 5.69 Å².